The fourth-order valence-electron chi connectivity index (χ4n) is 5.17. The van der Waals surface area contributed by atoms with E-state index in [1.165, 1.54) is 32.1 Å². The highest BCUT2D eigenvalue weighted by Crippen LogP contribution is 2.21. The molecule has 0 unspecified atom stereocenters. The fourth-order valence-corrected chi connectivity index (χ4v) is 5.17. The SMILES string of the molecule is CC(=O)OCc1ccc(NC(=O)[C@H](C)NC(=O)[C@@H](NC(=O)CCCCCN2C(=O)C=CC2=O)C(C)C)cc1C#C[C@H]1C[C@@H](O)C[C@@H](C(=O)O)O1. The zero-order valence-electron chi connectivity index (χ0n) is 28.5. The Balaban J connectivity index is 1.57. The number of carboxylic acid groups (broad SMARTS) is 1. The van der Waals surface area contributed by atoms with Crippen molar-refractivity contribution in [1.29, 1.82) is 0 Å². The van der Waals surface area contributed by atoms with Gasteiger partial charge in [0, 0.05) is 61.7 Å². The van der Waals surface area contributed by atoms with E-state index < -0.39 is 54.1 Å². The Hall–Kier alpha value is -5.07. The summed E-state index contributed by atoms with van der Waals surface area (Å²) in [7, 11) is 0. The molecule has 2 heterocycles. The average Bonchev–Trinajstić information content (AvgIpc) is 3.37. The van der Waals surface area contributed by atoms with Crippen molar-refractivity contribution in [3.63, 3.8) is 0 Å². The van der Waals surface area contributed by atoms with Crippen LogP contribution in [0.4, 0.5) is 5.69 Å². The minimum Gasteiger partial charge on any atom is -0.479 e. The van der Waals surface area contributed by atoms with E-state index in [4.69, 9.17) is 9.47 Å². The number of rotatable bonds is 15. The topological polar surface area (TPSA) is 218 Å². The van der Waals surface area contributed by atoms with Crippen molar-refractivity contribution in [3.8, 4) is 11.8 Å². The minimum absolute atomic E-state index is 0.0567. The van der Waals surface area contributed by atoms with E-state index in [1.807, 2.05) is 0 Å². The number of ether oxygens (including phenoxy) is 2. The molecule has 1 saturated heterocycles. The van der Waals surface area contributed by atoms with Crippen molar-refractivity contribution >= 4 is 47.2 Å². The van der Waals surface area contributed by atoms with Crippen LogP contribution in [-0.2, 0) is 49.6 Å². The Kier molecular flexibility index (Phi) is 14.7. The molecule has 50 heavy (non-hydrogen) atoms. The van der Waals surface area contributed by atoms with Gasteiger partial charge in [-0.05, 0) is 37.8 Å². The van der Waals surface area contributed by atoms with Gasteiger partial charge in [0.1, 0.15) is 24.8 Å². The number of carboxylic acids is 1. The smallest absolute Gasteiger partial charge is 0.332 e. The Morgan fingerprint density at radius 3 is 2.34 bits per heavy atom. The van der Waals surface area contributed by atoms with Crippen LogP contribution in [0.25, 0.3) is 0 Å². The van der Waals surface area contributed by atoms with Crippen molar-refractivity contribution in [1.82, 2.24) is 15.5 Å². The fraction of sp³-hybridized carbons (Fsp3) is 0.514. The average molecular weight is 697 g/mol. The number of carbonyl (C=O) groups excluding carboxylic acids is 6. The quantitative estimate of drug-likeness (QED) is 0.0759. The molecule has 5 N–H and O–H groups in total. The van der Waals surface area contributed by atoms with Crippen LogP contribution in [-0.4, -0.2) is 93.5 Å². The highest BCUT2D eigenvalue weighted by molar-refractivity contribution is 6.12. The summed E-state index contributed by atoms with van der Waals surface area (Å²) in [6.45, 7) is 6.40. The van der Waals surface area contributed by atoms with Crippen LogP contribution >= 0.6 is 0 Å². The molecule has 270 valence electrons. The number of carbonyl (C=O) groups is 7. The molecule has 2 aliphatic rings. The predicted molar refractivity (Wildman–Crippen MR) is 178 cm³/mol. The number of imide groups is 1. The number of esters is 1. The lowest BCUT2D eigenvalue weighted by atomic mass is 10.0. The first kappa shape index (κ1) is 39.4. The summed E-state index contributed by atoms with van der Waals surface area (Å²) in [6, 6.07) is 2.77. The van der Waals surface area contributed by atoms with Gasteiger partial charge in [-0.25, -0.2) is 4.79 Å². The van der Waals surface area contributed by atoms with Gasteiger partial charge in [0.25, 0.3) is 11.8 Å². The summed E-state index contributed by atoms with van der Waals surface area (Å²) in [5, 5.41) is 27.4. The number of aliphatic hydroxyl groups excluding tert-OH is 1. The van der Waals surface area contributed by atoms with Crippen LogP contribution in [0.5, 0.6) is 0 Å². The number of benzene rings is 1. The van der Waals surface area contributed by atoms with Gasteiger partial charge < -0.3 is 35.6 Å². The van der Waals surface area contributed by atoms with Crippen LogP contribution < -0.4 is 16.0 Å². The lowest BCUT2D eigenvalue weighted by molar-refractivity contribution is -0.161. The Bertz CT molecular complexity index is 1540. The Labute approximate surface area is 290 Å². The number of unbranched alkanes of at least 4 members (excludes halogenated alkanes) is 2. The van der Waals surface area contributed by atoms with Crippen molar-refractivity contribution in [2.24, 2.45) is 5.92 Å². The molecule has 0 aromatic heterocycles. The van der Waals surface area contributed by atoms with Crippen LogP contribution in [0.15, 0.2) is 30.4 Å². The number of anilines is 1. The lowest BCUT2D eigenvalue weighted by Crippen LogP contribution is -2.53. The molecule has 2 aliphatic heterocycles. The number of nitrogens with one attached hydrogen (secondary N) is 3. The molecule has 1 aromatic carbocycles. The molecule has 0 spiro atoms. The molecule has 0 aliphatic carbocycles. The zero-order chi connectivity index (χ0) is 37.0. The van der Waals surface area contributed by atoms with Crippen molar-refractivity contribution in [2.45, 2.75) is 103 Å². The van der Waals surface area contributed by atoms with E-state index in [1.54, 1.807) is 26.0 Å². The molecule has 0 saturated carbocycles. The van der Waals surface area contributed by atoms with E-state index in [9.17, 15) is 43.8 Å². The first-order chi connectivity index (χ1) is 23.6. The third kappa shape index (κ3) is 12.1. The van der Waals surface area contributed by atoms with Crippen molar-refractivity contribution < 1.29 is 53.2 Å². The lowest BCUT2D eigenvalue weighted by Gasteiger charge is -2.27. The van der Waals surface area contributed by atoms with Crippen LogP contribution in [0.1, 0.15) is 77.3 Å². The maximum absolute atomic E-state index is 13.1. The Morgan fingerprint density at radius 2 is 1.70 bits per heavy atom. The maximum atomic E-state index is 13.1. The molecule has 15 heteroatoms. The summed E-state index contributed by atoms with van der Waals surface area (Å²) < 4.78 is 10.6. The second-order valence-corrected chi connectivity index (χ2v) is 12.5. The number of aliphatic hydroxyl groups is 1. The molecule has 15 nitrogen and oxygen atoms in total. The van der Waals surface area contributed by atoms with Gasteiger partial charge in [-0.3, -0.25) is 33.7 Å². The number of hydrogen-bond acceptors (Lipinski definition) is 10. The van der Waals surface area contributed by atoms with E-state index >= 15 is 0 Å². The summed E-state index contributed by atoms with van der Waals surface area (Å²) >= 11 is 0. The third-order valence-electron chi connectivity index (χ3n) is 7.96. The number of aliphatic carboxylic acids is 1. The number of amides is 5. The van der Waals surface area contributed by atoms with Gasteiger partial charge in [0.15, 0.2) is 6.10 Å². The highest BCUT2D eigenvalue weighted by atomic mass is 16.5. The highest BCUT2D eigenvalue weighted by Gasteiger charge is 2.32. The van der Waals surface area contributed by atoms with Gasteiger partial charge >= 0.3 is 11.9 Å². The summed E-state index contributed by atoms with van der Waals surface area (Å²) in [5.41, 5.74) is 1.17. The van der Waals surface area contributed by atoms with E-state index in [0.29, 0.717) is 36.1 Å². The first-order valence-electron chi connectivity index (χ1n) is 16.4. The summed E-state index contributed by atoms with van der Waals surface area (Å²) in [5.74, 6) is 1.51. The molecule has 3 rings (SSSR count). The van der Waals surface area contributed by atoms with Crippen LogP contribution in [0.2, 0.25) is 0 Å². The maximum Gasteiger partial charge on any atom is 0.332 e. The van der Waals surface area contributed by atoms with Gasteiger partial charge in [-0.15, -0.1) is 0 Å². The van der Waals surface area contributed by atoms with Crippen molar-refractivity contribution in [3.05, 3.63) is 41.5 Å². The predicted octanol–water partition coefficient (Wildman–Crippen LogP) is 1.16. The standard InChI is InChI=1S/C35H44N4O11/c1-20(2)32(38-29(42)8-6-5-7-15-39-30(43)13-14-31(39)44)34(46)36-21(3)33(45)37-25-11-9-24(19-49-22(4)40)23(16-25)10-12-27-17-26(41)18-28(50-27)35(47)48/h9,11,13-14,16,20-21,26-28,32,41H,5-8,15,17-19H2,1-4H3,(H,36,46)(H,37,45)(H,38,42)(H,47,48)/t21-,26+,27-,28-,32-/m0/s1. The monoisotopic (exact) mass is 696 g/mol. The third-order valence-corrected chi connectivity index (χ3v) is 7.96. The van der Waals surface area contributed by atoms with Gasteiger partial charge in [0.2, 0.25) is 17.7 Å². The number of nitrogens with zero attached hydrogens (tertiary/aromatic N) is 1. The summed E-state index contributed by atoms with van der Waals surface area (Å²) in [6.07, 6.45) is 1.27. The molecule has 1 fully saturated rings. The van der Waals surface area contributed by atoms with Gasteiger partial charge in [-0.1, -0.05) is 38.2 Å². The van der Waals surface area contributed by atoms with Gasteiger partial charge in [0.05, 0.1) is 6.10 Å². The molecule has 5 amide bonds. The molecular formula is C35H44N4O11. The molecule has 0 bridgehead atoms. The Morgan fingerprint density at radius 1 is 1.00 bits per heavy atom. The number of hydrogen-bond donors (Lipinski definition) is 5. The van der Waals surface area contributed by atoms with E-state index in [0.717, 1.165) is 4.90 Å². The summed E-state index contributed by atoms with van der Waals surface area (Å²) in [4.78, 5) is 86.0. The second-order valence-electron chi connectivity index (χ2n) is 12.5. The van der Waals surface area contributed by atoms with Crippen molar-refractivity contribution in [2.75, 3.05) is 11.9 Å². The van der Waals surface area contributed by atoms with E-state index in [2.05, 4.69) is 27.8 Å². The van der Waals surface area contributed by atoms with Gasteiger partial charge in [-0.2, -0.15) is 0 Å². The molecule has 0 radical (unpaired) electrons. The van der Waals surface area contributed by atoms with Crippen LogP contribution in [0, 0.1) is 17.8 Å². The molecule has 5 atom stereocenters. The first-order valence-corrected chi connectivity index (χ1v) is 16.4. The normalized spacial score (nSPS) is 19.6. The zero-order valence-corrected chi connectivity index (χ0v) is 28.5. The minimum atomic E-state index is -1.21. The second kappa shape index (κ2) is 18.6. The molecular weight excluding hydrogens is 652 g/mol. The van der Waals surface area contributed by atoms with Crippen LogP contribution in [0.3, 0.4) is 0 Å². The largest absolute Gasteiger partial charge is 0.479 e. The van der Waals surface area contributed by atoms with E-state index in [-0.39, 0.29) is 56.1 Å². The molecule has 1 aromatic rings.